The molecule has 0 bridgehead atoms. The van der Waals surface area contributed by atoms with Gasteiger partial charge in [0.2, 0.25) is 0 Å². The van der Waals surface area contributed by atoms with Crippen LogP contribution in [0.2, 0.25) is 0 Å². The minimum absolute atomic E-state index is 1.00. The van der Waals surface area contributed by atoms with Crippen molar-refractivity contribution in [1.82, 2.24) is 0 Å². The van der Waals surface area contributed by atoms with E-state index in [4.69, 9.17) is 0 Å². The molecule has 1 aliphatic heterocycles. The van der Waals surface area contributed by atoms with Crippen molar-refractivity contribution in [2.75, 3.05) is 22.9 Å². The second-order valence-electron chi connectivity index (χ2n) is 7.09. The molecule has 0 unspecified atom stereocenters. The molecule has 0 spiro atoms. The SMILES string of the molecule is Cc1cc(C)c(N2CCN(c3c(C)cc(C)cc3C)[C]2=[Cu][Br])c(C)c1. The summed E-state index contributed by atoms with van der Waals surface area (Å²) in [6.45, 7) is 15.2. The van der Waals surface area contributed by atoms with Crippen molar-refractivity contribution in [3.8, 4) is 0 Å². The molecule has 1 fully saturated rings. The molecule has 0 amide bonds. The first-order valence-corrected chi connectivity index (χ1v) is 11.4. The van der Waals surface area contributed by atoms with Gasteiger partial charge in [0.25, 0.3) is 0 Å². The number of halogens is 1. The first-order valence-electron chi connectivity index (χ1n) is 8.60. The summed E-state index contributed by atoms with van der Waals surface area (Å²) in [5, 5.41) is 0. The molecule has 0 saturated carbocycles. The summed E-state index contributed by atoms with van der Waals surface area (Å²) in [4.78, 5) is 4.91. The molecule has 0 aliphatic carbocycles. The Kier molecular flexibility index (Phi) is 5.43. The Morgan fingerprint density at radius 3 is 1.28 bits per heavy atom. The van der Waals surface area contributed by atoms with Crippen LogP contribution < -0.4 is 9.80 Å². The first kappa shape index (κ1) is 18.7. The molecular weight excluding hydrogens is 424 g/mol. The van der Waals surface area contributed by atoms with E-state index in [1.165, 1.54) is 49.4 Å². The average molecular weight is 450 g/mol. The summed E-state index contributed by atoms with van der Waals surface area (Å²) in [6.07, 6.45) is 0. The van der Waals surface area contributed by atoms with Crippen LogP contribution in [0.1, 0.15) is 33.4 Å². The Morgan fingerprint density at radius 1 is 0.680 bits per heavy atom. The van der Waals surface area contributed by atoms with Crippen LogP contribution in [0.4, 0.5) is 11.4 Å². The topological polar surface area (TPSA) is 6.48 Å². The van der Waals surface area contributed by atoms with Crippen molar-refractivity contribution < 1.29 is 12.7 Å². The van der Waals surface area contributed by atoms with Gasteiger partial charge in [0, 0.05) is 0 Å². The van der Waals surface area contributed by atoms with Crippen molar-refractivity contribution in [3.63, 3.8) is 0 Å². The summed E-state index contributed by atoms with van der Waals surface area (Å²) in [5.41, 5.74) is 10.7. The van der Waals surface area contributed by atoms with Crippen LogP contribution in [-0.2, 0) is 12.7 Å². The van der Waals surface area contributed by atoms with Crippen molar-refractivity contribution >= 4 is 30.2 Å². The molecule has 2 nitrogen and oxygen atoms in total. The van der Waals surface area contributed by atoms with E-state index in [0.717, 1.165) is 13.1 Å². The predicted molar refractivity (Wildman–Crippen MR) is 110 cm³/mol. The number of hydrogen-bond acceptors (Lipinski definition) is 2. The first-order chi connectivity index (χ1) is 11.8. The number of aryl methyl sites for hydroxylation is 6. The molecule has 0 aromatic heterocycles. The molecule has 2 aromatic rings. The third-order valence-electron chi connectivity index (χ3n) is 4.81. The summed E-state index contributed by atoms with van der Waals surface area (Å²) >= 11 is 5.43. The van der Waals surface area contributed by atoms with Crippen molar-refractivity contribution in [1.29, 1.82) is 0 Å². The Bertz CT molecular complexity index is 743. The van der Waals surface area contributed by atoms with Gasteiger partial charge >= 0.3 is 165 Å². The quantitative estimate of drug-likeness (QED) is 0.571. The van der Waals surface area contributed by atoms with Crippen LogP contribution in [0.25, 0.3) is 0 Å². The average Bonchev–Trinajstić information content (AvgIpc) is 2.88. The fraction of sp³-hybridized carbons (Fsp3) is 0.381. The zero-order chi connectivity index (χ0) is 18.3. The minimum atomic E-state index is 1.00. The Balaban J connectivity index is 2.07. The molecule has 0 N–H and O–H groups in total. The van der Waals surface area contributed by atoms with E-state index in [1.807, 2.05) is 0 Å². The molecule has 2 aromatic carbocycles. The van der Waals surface area contributed by atoms with Gasteiger partial charge in [0.05, 0.1) is 0 Å². The maximum atomic E-state index is 3.66. The van der Waals surface area contributed by atoms with E-state index >= 15 is 0 Å². The van der Waals surface area contributed by atoms with Crippen LogP contribution in [0.5, 0.6) is 0 Å². The molecule has 0 atom stereocenters. The molecule has 1 saturated heterocycles. The van der Waals surface area contributed by atoms with Crippen LogP contribution in [0, 0.1) is 41.5 Å². The molecule has 138 valence electrons. The second kappa shape index (κ2) is 7.26. The molecule has 1 aliphatic rings. The van der Waals surface area contributed by atoms with Crippen LogP contribution in [0.15, 0.2) is 24.3 Å². The van der Waals surface area contributed by atoms with Crippen molar-refractivity contribution in [2.24, 2.45) is 0 Å². The third-order valence-corrected chi connectivity index (χ3v) is 6.36. The van der Waals surface area contributed by atoms with E-state index in [-0.39, 0.29) is 0 Å². The summed E-state index contributed by atoms with van der Waals surface area (Å²) < 4.78 is 1.24. The zero-order valence-corrected chi connectivity index (χ0v) is 18.3. The van der Waals surface area contributed by atoms with E-state index in [2.05, 4.69) is 89.7 Å². The number of hydrogen-bond donors (Lipinski definition) is 0. The van der Waals surface area contributed by atoms with Crippen LogP contribution >= 0.6 is 14.1 Å². The van der Waals surface area contributed by atoms with Crippen LogP contribution in [-0.4, -0.2) is 17.8 Å². The number of anilines is 2. The number of nitrogens with zero attached hydrogens (tertiary/aromatic N) is 2. The van der Waals surface area contributed by atoms with Gasteiger partial charge in [-0.3, -0.25) is 0 Å². The maximum absolute atomic E-state index is 3.66. The Hall–Kier alpha value is -1.09. The fourth-order valence-electron chi connectivity index (χ4n) is 4.16. The normalized spacial score (nSPS) is 14.8. The van der Waals surface area contributed by atoms with E-state index in [9.17, 15) is 0 Å². The van der Waals surface area contributed by atoms with E-state index in [1.54, 1.807) is 12.7 Å². The molecular formula is C21H26BrCuN2. The van der Waals surface area contributed by atoms with Gasteiger partial charge in [-0.05, 0) is 0 Å². The number of rotatable bonds is 2. The van der Waals surface area contributed by atoms with E-state index < -0.39 is 0 Å². The van der Waals surface area contributed by atoms with Crippen LogP contribution in [0.3, 0.4) is 0 Å². The zero-order valence-electron chi connectivity index (χ0n) is 15.8. The second-order valence-corrected chi connectivity index (χ2v) is 8.67. The van der Waals surface area contributed by atoms with Gasteiger partial charge in [-0.15, -0.1) is 0 Å². The third kappa shape index (κ3) is 3.45. The molecule has 1 heterocycles. The Morgan fingerprint density at radius 2 is 1.00 bits per heavy atom. The van der Waals surface area contributed by atoms with Gasteiger partial charge in [0.15, 0.2) is 0 Å². The summed E-state index contributed by atoms with van der Waals surface area (Å²) in [5.74, 6) is 0. The predicted octanol–water partition coefficient (Wildman–Crippen LogP) is 5.34. The fourth-order valence-corrected chi connectivity index (χ4v) is 5.84. The molecule has 25 heavy (non-hydrogen) atoms. The number of benzene rings is 2. The van der Waals surface area contributed by atoms with Gasteiger partial charge in [-0.2, -0.15) is 0 Å². The van der Waals surface area contributed by atoms with Gasteiger partial charge in [0.1, 0.15) is 0 Å². The molecule has 0 radical (unpaired) electrons. The van der Waals surface area contributed by atoms with Crippen molar-refractivity contribution in [2.45, 2.75) is 41.5 Å². The van der Waals surface area contributed by atoms with Gasteiger partial charge in [-0.1, -0.05) is 0 Å². The van der Waals surface area contributed by atoms with Crippen molar-refractivity contribution in [3.05, 3.63) is 57.6 Å². The summed E-state index contributed by atoms with van der Waals surface area (Å²) in [7, 11) is 0. The Labute approximate surface area is 164 Å². The molecule has 4 heteroatoms. The standard InChI is InChI=1S/C21H26N2.BrH.Cu/c1-14-9-16(3)20(17(4)10-14)22-7-8-23(13-22)21-18(5)11-15(2)12-19(21)6;;/h9-12H,7-8H2,1-6H3;1H;/q;;+1/p-1. The van der Waals surface area contributed by atoms with E-state index in [0.29, 0.717) is 0 Å². The monoisotopic (exact) mass is 448 g/mol. The summed E-state index contributed by atoms with van der Waals surface area (Å²) in [6, 6.07) is 9.12. The molecule has 3 rings (SSSR count). The van der Waals surface area contributed by atoms with Gasteiger partial charge in [-0.25, -0.2) is 0 Å². The van der Waals surface area contributed by atoms with Gasteiger partial charge < -0.3 is 0 Å².